The molecule has 0 amide bonds. The molecule has 0 aromatic heterocycles. The maximum Gasteiger partial charge on any atom is 0.422 e. The minimum absolute atomic E-state index is 0.242. The molecule has 0 saturated heterocycles. The van der Waals surface area contributed by atoms with Crippen molar-refractivity contribution >= 4 is 5.69 Å². The van der Waals surface area contributed by atoms with Crippen LogP contribution in [0.2, 0.25) is 0 Å². The van der Waals surface area contributed by atoms with Crippen LogP contribution < -0.4 is 10.1 Å². The van der Waals surface area contributed by atoms with Crippen molar-refractivity contribution in [2.24, 2.45) is 0 Å². The highest BCUT2D eigenvalue weighted by molar-refractivity contribution is 5.56. The minimum Gasteiger partial charge on any atom is -0.482 e. The first kappa shape index (κ1) is 14.7. The molecule has 2 nitrogen and oxygen atoms in total. The fourth-order valence-corrected chi connectivity index (χ4v) is 1.50. The molecule has 0 spiro atoms. The quantitative estimate of drug-likeness (QED) is 0.742. The standard InChI is InChI=1S/C13H18F3NO/c1-2-3-6-9-17-11-7-4-5-8-12(11)18-10-13(14,15)16/h4-5,7-8,17H,2-3,6,9-10H2,1H3. The van der Waals surface area contributed by atoms with E-state index in [4.69, 9.17) is 4.74 Å². The van der Waals surface area contributed by atoms with Gasteiger partial charge >= 0.3 is 6.18 Å². The second-order valence-corrected chi connectivity index (χ2v) is 4.03. The zero-order valence-corrected chi connectivity index (χ0v) is 10.4. The van der Waals surface area contributed by atoms with Crippen LogP contribution in [-0.2, 0) is 0 Å². The summed E-state index contributed by atoms with van der Waals surface area (Å²) in [5.74, 6) is 0.242. The van der Waals surface area contributed by atoms with E-state index < -0.39 is 12.8 Å². The number of anilines is 1. The van der Waals surface area contributed by atoms with Gasteiger partial charge in [0.15, 0.2) is 6.61 Å². The minimum atomic E-state index is -4.31. The highest BCUT2D eigenvalue weighted by Gasteiger charge is 2.28. The second kappa shape index (κ2) is 7.13. The molecule has 0 aliphatic rings. The van der Waals surface area contributed by atoms with Gasteiger partial charge in [0.25, 0.3) is 0 Å². The summed E-state index contributed by atoms with van der Waals surface area (Å²) >= 11 is 0. The molecule has 1 aromatic carbocycles. The third-order valence-corrected chi connectivity index (χ3v) is 2.37. The third-order valence-electron chi connectivity index (χ3n) is 2.37. The van der Waals surface area contributed by atoms with Crippen molar-refractivity contribution in [3.8, 4) is 5.75 Å². The van der Waals surface area contributed by atoms with Crippen LogP contribution in [-0.4, -0.2) is 19.3 Å². The van der Waals surface area contributed by atoms with Gasteiger partial charge < -0.3 is 10.1 Å². The summed E-state index contributed by atoms with van der Waals surface area (Å²) < 4.78 is 41.0. The third kappa shape index (κ3) is 5.80. The molecule has 0 unspecified atom stereocenters. The number of ether oxygens (including phenoxy) is 1. The first-order valence-electron chi connectivity index (χ1n) is 6.05. The van der Waals surface area contributed by atoms with Crippen LogP contribution in [0.1, 0.15) is 26.2 Å². The molecule has 0 atom stereocenters. The normalized spacial score (nSPS) is 11.3. The number of alkyl halides is 3. The molecular weight excluding hydrogens is 243 g/mol. The fourth-order valence-electron chi connectivity index (χ4n) is 1.50. The van der Waals surface area contributed by atoms with Crippen molar-refractivity contribution < 1.29 is 17.9 Å². The SMILES string of the molecule is CCCCCNc1ccccc1OCC(F)(F)F. The number of hydrogen-bond donors (Lipinski definition) is 1. The summed E-state index contributed by atoms with van der Waals surface area (Å²) in [5, 5.41) is 3.09. The van der Waals surface area contributed by atoms with Crippen LogP contribution in [0.25, 0.3) is 0 Å². The summed E-state index contributed by atoms with van der Waals surface area (Å²) in [7, 11) is 0. The Kier molecular flexibility index (Phi) is 5.82. The van der Waals surface area contributed by atoms with Crippen LogP contribution in [0.5, 0.6) is 5.75 Å². The molecule has 18 heavy (non-hydrogen) atoms. The Bertz CT molecular complexity index is 352. The molecule has 0 bridgehead atoms. The maximum atomic E-state index is 12.1. The first-order chi connectivity index (χ1) is 8.53. The predicted molar refractivity (Wildman–Crippen MR) is 66.0 cm³/mol. The Hall–Kier alpha value is -1.39. The van der Waals surface area contributed by atoms with Crippen LogP contribution >= 0.6 is 0 Å². The number of rotatable bonds is 7. The van der Waals surface area contributed by atoms with Gasteiger partial charge in [0.1, 0.15) is 5.75 Å². The molecule has 1 rings (SSSR count). The average Bonchev–Trinajstić information content (AvgIpc) is 2.32. The van der Waals surface area contributed by atoms with Gasteiger partial charge in [0, 0.05) is 6.54 Å². The Morgan fingerprint density at radius 1 is 1.17 bits per heavy atom. The zero-order valence-electron chi connectivity index (χ0n) is 10.4. The van der Waals surface area contributed by atoms with E-state index in [9.17, 15) is 13.2 Å². The van der Waals surface area contributed by atoms with E-state index in [1.807, 2.05) is 0 Å². The maximum absolute atomic E-state index is 12.1. The lowest BCUT2D eigenvalue weighted by molar-refractivity contribution is -0.153. The van der Waals surface area contributed by atoms with E-state index in [2.05, 4.69) is 12.2 Å². The predicted octanol–water partition coefficient (Wildman–Crippen LogP) is 4.23. The number of benzene rings is 1. The summed E-state index contributed by atoms with van der Waals surface area (Å²) in [6.45, 7) is 1.57. The van der Waals surface area contributed by atoms with Gasteiger partial charge in [-0.3, -0.25) is 0 Å². The molecule has 0 heterocycles. The summed E-state index contributed by atoms with van der Waals surface area (Å²) in [4.78, 5) is 0. The molecule has 102 valence electrons. The number of hydrogen-bond acceptors (Lipinski definition) is 2. The number of para-hydroxylation sites is 2. The van der Waals surface area contributed by atoms with Crippen molar-refractivity contribution in [1.29, 1.82) is 0 Å². The van der Waals surface area contributed by atoms with Crippen molar-refractivity contribution in [1.82, 2.24) is 0 Å². The van der Waals surface area contributed by atoms with Crippen LogP contribution in [0, 0.1) is 0 Å². The van der Waals surface area contributed by atoms with Crippen molar-refractivity contribution in [2.75, 3.05) is 18.5 Å². The average molecular weight is 261 g/mol. The van der Waals surface area contributed by atoms with E-state index in [1.54, 1.807) is 18.2 Å². The van der Waals surface area contributed by atoms with Gasteiger partial charge in [0.2, 0.25) is 0 Å². The Morgan fingerprint density at radius 3 is 2.56 bits per heavy atom. The van der Waals surface area contributed by atoms with Gasteiger partial charge in [-0.2, -0.15) is 13.2 Å². The number of halogens is 3. The Balaban J connectivity index is 2.51. The van der Waals surface area contributed by atoms with Gasteiger partial charge in [-0.05, 0) is 18.6 Å². The van der Waals surface area contributed by atoms with Crippen LogP contribution in [0.4, 0.5) is 18.9 Å². The highest BCUT2D eigenvalue weighted by Crippen LogP contribution is 2.26. The summed E-state index contributed by atoms with van der Waals surface area (Å²) in [6, 6.07) is 6.68. The molecule has 1 aromatic rings. The lowest BCUT2D eigenvalue weighted by atomic mass is 10.2. The fraction of sp³-hybridized carbons (Fsp3) is 0.538. The zero-order chi connectivity index (χ0) is 13.4. The largest absolute Gasteiger partial charge is 0.482 e. The first-order valence-corrected chi connectivity index (χ1v) is 6.05. The summed E-state index contributed by atoms with van der Waals surface area (Å²) in [6.07, 6.45) is -1.12. The van der Waals surface area contributed by atoms with E-state index in [0.717, 1.165) is 25.8 Å². The molecular formula is C13H18F3NO. The van der Waals surface area contributed by atoms with Crippen molar-refractivity contribution in [2.45, 2.75) is 32.4 Å². The molecule has 0 fully saturated rings. The van der Waals surface area contributed by atoms with Crippen molar-refractivity contribution in [3.63, 3.8) is 0 Å². The number of unbranched alkanes of at least 4 members (excludes halogenated alkanes) is 2. The van der Waals surface area contributed by atoms with Crippen LogP contribution in [0.15, 0.2) is 24.3 Å². The van der Waals surface area contributed by atoms with E-state index in [1.165, 1.54) is 6.07 Å². The molecule has 0 aliphatic heterocycles. The smallest absolute Gasteiger partial charge is 0.422 e. The van der Waals surface area contributed by atoms with Crippen molar-refractivity contribution in [3.05, 3.63) is 24.3 Å². The molecule has 0 radical (unpaired) electrons. The van der Waals surface area contributed by atoms with Gasteiger partial charge in [-0.15, -0.1) is 0 Å². The van der Waals surface area contributed by atoms with Gasteiger partial charge in [-0.25, -0.2) is 0 Å². The Labute approximate surface area is 105 Å². The second-order valence-electron chi connectivity index (χ2n) is 4.03. The molecule has 1 N–H and O–H groups in total. The molecule has 0 saturated carbocycles. The van der Waals surface area contributed by atoms with E-state index in [-0.39, 0.29) is 5.75 Å². The molecule has 0 aliphatic carbocycles. The highest BCUT2D eigenvalue weighted by atomic mass is 19.4. The van der Waals surface area contributed by atoms with Gasteiger partial charge in [0.05, 0.1) is 5.69 Å². The summed E-state index contributed by atoms with van der Waals surface area (Å²) in [5.41, 5.74) is 0.609. The number of nitrogens with one attached hydrogen (secondary N) is 1. The topological polar surface area (TPSA) is 21.3 Å². The Morgan fingerprint density at radius 2 is 1.89 bits per heavy atom. The van der Waals surface area contributed by atoms with E-state index in [0.29, 0.717) is 5.69 Å². The van der Waals surface area contributed by atoms with E-state index >= 15 is 0 Å². The lowest BCUT2D eigenvalue weighted by Gasteiger charge is -2.14. The lowest BCUT2D eigenvalue weighted by Crippen LogP contribution is -2.19. The van der Waals surface area contributed by atoms with Crippen LogP contribution in [0.3, 0.4) is 0 Å². The monoisotopic (exact) mass is 261 g/mol. The molecule has 5 heteroatoms. The van der Waals surface area contributed by atoms with Gasteiger partial charge in [-0.1, -0.05) is 31.9 Å².